The van der Waals surface area contributed by atoms with Crippen LogP contribution >= 0.6 is 0 Å². The van der Waals surface area contributed by atoms with Gasteiger partial charge in [0.1, 0.15) is 11.4 Å². The molecule has 7 nitrogen and oxygen atoms in total. The van der Waals surface area contributed by atoms with Crippen molar-refractivity contribution >= 4 is 17.6 Å². The van der Waals surface area contributed by atoms with E-state index in [1.807, 2.05) is 39.1 Å². The minimum Gasteiger partial charge on any atom is -0.444 e. The summed E-state index contributed by atoms with van der Waals surface area (Å²) in [5.41, 5.74) is 6.38. The molecule has 2 rings (SSSR count). The molecule has 1 amide bonds. The third kappa shape index (κ3) is 4.49. The van der Waals surface area contributed by atoms with Crippen LogP contribution in [0.1, 0.15) is 20.8 Å². The normalized spacial score (nSPS) is 15.6. The lowest BCUT2D eigenvalue weighted by atomic mass is 10.2. The molecule has 7 heteroatoms. The Hall–Kier alpha value is -2.02. The molecule has 0 atom stereocenters. The summed E-state index contributed by atoms with van der Waals surface area (Å²) in [4.78, 5) is 20.3. The average molecular weight is 307 g/mol. The monoisotopic (exact) mass is 307 g/mol. The lowest BCUT2D eigenvalue weighted by Crippen LogP contribution is -2.50. The van der Waals surface area contributed by atoms with Crippen molar-refractivity contribution in [3.63, 3.8) is 0 Å². The van der Waals surface area contributed by atoms with E-state index < -0.39 is 5.60 Å². The molecule has 22 heavy (non-hydrogen) atoms. The van der Waals surface area contributed by atoms with Crippen LogP contribution < -0.4 is 15.8 Å². The van der Waals surface area contributed by atoms with Crippen molar-refractivity contribution in [3.8, 4) is 0 Å². The highest BCUT2D eigenvalue weighted by Gasteiger charge is 2.25. The third-order valence-corrected chi connectivity index (χ3v) is 3.30. The Labute approximate surface area is 131 Å². The van der Waals surface area contributed by atoms with Crippen molar-refractivity contribution < 1.29 is 9.53 Å². The molecule has 2 N–H and O–H groups in total. The maximum Gasteiger partial charge on any atom is 0.410 e. The standard InChI is InChI=1S/C15H25N5O2/c1-15(2,3)22-14(21)20-9-7-19(8-10-20)12-5-6-13(17-11-12)18-16-4/h5-6,11,16H,7-10H2,1-4H3,(H,17,18). The molecule has 0 saturated carbocycles. The molecule has 1 aliphatic heterocycles. The summed E-state index contributed by atoms with van der Waals surface area (Å²) in [5.74, 6) is 0.777. The molecule has 0 unspecified atom stereocenters. The molecule has 1 fully saturated rings. The molecule has 0 aliphatic carbocycles. The predicted octanol–water partition coefficient (Wildman–Crippen LogP) is 1.68. The maximum atomic E-state index is 12.0. The number of carbonyl (C=O) groups excluding carboxylic acids is 1. The van der Waals surface area contributed by atoms with Crippen LogP contribution in [0.25, 0.3) is 0 Å². The quantitative estimate of drug-likeness (QED) is 0.828. The van der Waals surface area contributed by atoms with Crippen molar-refractivity contribution in [2.75, 3.05) is 43.6 Å². The van der Waals surface area contributed by atoms with Gasteiger partial charge < -0.3 is 20.0 Å². The van der Waals surface area contributed by atoms with Crippen LogP contribution in [-0.4, -0.2) is 54.8 Å². The number of pyridine rings is 1. The third-order valence-electron chi connectivity index (χ3n) is 3.30. The van der Waals surface area contributed by atoms with E-state index in [2.05, 4.69) is 20.7 Å². The fourth-order valence-electron chi connectivity index (χ4n) is 2.25. The van der Waals surface area contributed by atoms with Crippen molar-refractivity contribution in [2.45, 2.75) is 26.4 Å². The first-order valence-electron chi connectivity index (χ1n) is 7.51. The first-order chi connectivity index (χ1) is 10.4. The second-order valence-corrected chi connectivity index (χ2v) is 6.23. The van der Waals surface area contributed by atoms with Gasteiger partial charge in [-0.2, -0.15) is 0 Å². The fourth-order valence-corrected chi connectivity index (χ4v) is 2.25. The van der Waals surface area contributed by atoms with E-state index in [4.69, 9.17) is 4.74 Å². The van der Waals surface area contributed by atoms with Crippen LogP contribution in [0.3, 0.4) is 0 Å². The van der Waals surface area contributed by atoms with Gasteiger partial charge in [0.15, 0.2) is 0 Å². The highest BCUT2D eigenvalue weighted by atomic mass is 16.6. The van der Waals surface area contributed by atoms with Crippen molar-refractivity contribution in [1.82, 2.24) is 15.3 Å². The van der Waals surface area contributed by atoms with Crippen molar-refractivity contribution in [1.29, 1.82) is 0 Å². The van der Waals surface area contributed by atoms with Gasteiger partial charge in [0.25, 0.3) is 0 Å². The first-order valence-corrected chi connectivity index (χ1v) is 7.51. The number of carbonyl (C=O) groups is 1. The fraction of sp³-hybridized carbons (Fsp3) is 0.600. The van der Waals surface area contributed by atoms with E-state index >= 15 is 0 Å². The Balaban J connectivity index is 1.87. The van der Waals surface area contributed by atoms with Crippen molar-refractivity contribution in [3.05, 3.63) is 18.3 Å². The van der Waals surface area contributed by atoms with Gasteiger partial charge in [-0.15, -0.1) is 0 Å². The molecular formula is C15H25N5O2. The lowest BCUT2D eigenvalue weighted by Gasteiger charge is -2.36. The van der Waals surface area contributed by atoms with Gasteiger partial charge in [0.05, 0.1) is 11.9 Å². The molecule has 0 radical (unpaired) electrons. The summed E-state index contributed by atoms with van der Waals surface area (Å²) in [7, 11) is 1.80. The Morgan fingerprint density at radius 1 is 1.23 bits per heavy atom. The van der Waals surface area contributed by atoms with Crippen LogP contribution in [0.15, 0.2) is 18.3 Å². The summed E-state index contributed by atoms with van der Waals surface area (Å²) in [6, 6.07) is 3.95. The number of rotatable bonds is 3. The van der Waals surface area contributed by atoms with Gasteiger partial charge in [0, 0.05) is 33.2 Å². The second-order valence-electron chi connectivity index (χ2n) is 6.23. The van der Waals surface area contributed by atoms with E-state index in [-0.39, 0.29) is 6.09 Å². The molecule has 0 spiro atoms. The molecule has 1 aliphatic rings. The molecule has 1 aromatic rings. The van der Waals surface area contributed by atoms with Gasteiger partial charge in [0.2, 0.25) is 0 Å². The average Bonchev–Trinajstić information content (AvgIpc) is 2.47. The van der Waals surface area contributed by atoms with Gasteiger partial charge in [-0.1, -0.05) is 0 Å². The Bertz CT molecular complexity index is 490. The number of ether oxygens (including phenoxy) is 1. The summed E-state index contributed by atoms with van der Waals surface area (Å²) >= 11 is 0. The highest BCUT2D eigenvalue weighted by Crippen LogP contribution is 2.18. The number of anilines is 2. The van der Waals surface area contributed by atoms with Crippen LogP contribution in [0.5, 0.6) is 0 Å². The van der Waals surface area contributed by atoms with E-state index in [1.54, 1.807) is 11.9 Å². The van der Waals surface area contributed by atoms with E-state index in [0.717, 1.165) is 24.6 Å². The number of aromatic nitrogens is 1. The zero-order valence-corrected chi connectivity index (χ0v) is 13.7. The van der Waals surface area contributed by atoms with Gasteiger partial charge in [-0.25, -0.2) is 15.2 Å². The Morgan fingerprint density at radius 2 is 1.91 bits per heavy atom. The van der Waals surface area contributed by atoms with Crippen LogP contribution in [-0.2, 0) is 4.74 Å². The number of hydrogen-bond acceptors (Lipinski definition) is 6. The Kier molecular flexibility index (Phi) is 5.07. The first kappa shape index (κ1) is 16.4. The number of piperazine rings is 1. The number of hydrazine groups is 1. The predicted molar refractivity (Wildman–Crippen MR) is 86.9 cm³/mol. The topological polar surface area (TPSA) is 69.7 Å². The number of hydrogen-bond donors (Lipinski definition) is 2. The summed E-state index contributed by atoms with van der Waals surface area (Å²) in [5, 5.41) is 0. The van der Waals surface area contributed by atoms with Gasteiger partial charge in [-0.05, 0) is 32.9 Å². The smallest absolute Gasteiger partial charge is 0.410 e. The summed E-state index contributed by atoms with van der Waals surface area (Å²) in [6.07, 6.45) is 1.60. The molecule has 0 bridgehead atoms. The molecule has 2 heterocycles. The molecule has 0 aromatic carbocycles. The van der Waals surface area contributed by atoms with E-state index in [9.17, 15) is 4.79 Å². The number of nitrogens with one attached hydrogen (secondary N) is 2. The SMILES string of the molecule is CNNc1ccc(N2CCN(C(=O)OC(C)(C)C)CC2)cn1. The van der Waals surface area contributed by atoms with E-state index in [1.165, 1.54) is 0 Å². The zero-order chi connectivity index (χ0) is 16.2. The zero-order valence-electron chi connectivity index (χ0n) is 13.7. The summed E-state index contributed by atoms with van der Waals surface area (Å²) < 4.78 is 5.40. The van der Waals surface area contributed by atoms with Crippen LogP contribution in [0, 0.1) is 0 Å². The van der Waals surface area contributed by atoms with Crippen molar-refractivity contribution in [2.24, 2.45) is 0 Å². The maximum absolute atomic E-state index is 12.0. The largest absolute Gasteiger partial charge is 0.444 e. The van der Waals surface area contributed by atoms with Crippen LogP contribution in [0.2, 0.25) is 0 Å². The molecular weight excluding hydrogens is 282 g/mol. The summed E-state index contributed by atoms with van der Waals surface area (Å²) in [6.45, 7) is 8.52. The van der Waals surface area contributed by atoms with Gasteiger partial charge >= 0.3 is 6.09 Å². The second kappa shape index (κ2) is 6.83. The Morgan fingerprint density at radius 3 is 2.41 bits per heavy atom. The van der Waals surface area contributed by atoms with E-state index in [0.29, 0.717) is 13.1 Å². The minimum atomic E-state index is -0.450. The molecule has 1 aromatic heterocycles. The number of nitrogens with zero attached hydrogens (tertiary/aromatic N) is 3. The minimum absolute atomic E-state index is 0.237. The number of amides is 1. The van der Waals surface area contributed by atoms with Crippen LogP contribution in [0.4, 0.5) is 16.3 Å². The molecule has 122 valence electrons. The highest BCUT2D eigenvalue weighted by molar-refractivity contribution is 5.68. The molecule has 1 saturated heterocycles. The lowest BCUT2D eigenvalue weighted by molar-refractivity contribution is 0.0240. The van der Waals surface area contributed by atoms with Gasteiger partial charge in [-0.3, -0.25) is 0 Å².